The third-order valence-electron chi connectivity index (χ3n) is 3.82. The highest BCUT2D eigenvalue weighted by molar-refractivity contribution is 8.15. The minimum Gasteiger partial charge on any atom is -0.342 e. The van der Waals surface area contributed by atoms with Gasteiger partial charge in [0.15, 0.2) is 15.0 Å². The van der Waals surface area contributed by atoms with E-state index in [1.54, 1.807) is 6.07 Å². The Hall–Kier alpha value is -1.85. The first-order valence-electron chi connectivity index (χ1n) is 7.14. The number of fused-ring (bicyclic) bond motifs is 1. The monoisotopic (exact) mass is 349 g/mol. The van der Waals surface area contributed by atoms with Gasteiger partial charge in [0.1, 0.15) is 6.42 Å². The van der Waals surface area contributed by atoms with Gasteiger partial charge in [0.2, 0.25) is 0 Å². The summed E-state index contributed by atoms with van der Waals surface area (Å²) in [6.07, 6.45) is -0.267. The zero-order valence-electron chi connectivity index (χ0n) is 12.3. The molecule has 0 unspecified atom stereocenters. The standard InChI is InChI=1S/C15H15N3O3S2/c16-7-6-14(19)17-15-18(8-11-4-2-1-3-5-11)12-9-23(20,21)10-13(12)22-15/h1-5,12-13H,6,8-10H2/t12-,13+/m0/s1. The number of nitriles is 1. The van der Waals surface area contributed by atoms with Crippen LogP contribution in [-0.4, -0.2) is 47.2 Å². The van der Waals surface area contributed by atoms with Crippen LogP contribution in [-0.2, 0) is 21.2 Å². The number of sulfone groups is 1. The number of nitrogens with zero attached hydrogens (tertiary/aromatic N) is 3. The lowest BCUT2D eigenvalue weighted by atomic mass is 10.1. The van der Waals surface area contributed by atoms with Crippen LogP contribution in [0.5, 0.6) is 0 Å². The molecule has 2 aliphatic rings. The Balaban J connectivity index is 1.88. The van der Waals surface area contributed by atoms with Crippen molar-refractivity contribution >= 4 is 32.7 Å². The number of amides is 1. The van der Waals surface area contributed by atoms with Crippen LogP contribution in [0.15, 0.2) is 35.3 Å². The molecule has 2 heterocycles. The molecule has 6 nitrogen and oxygen atoms in total. The fraction of sp³-hybridized carbons (Fsp3) is 0.400. The second-order valence-electron chi connectivity index (χ2n) is 5.54. The van der Waals surface area contributed by atoms with E-state index in [0.29, 0.717) is 11.7 Å². The third kappa shape index (κ3) is 3.57. The molecular weight excluding hydrogens is 334 g/mol. The summed E-state index contributed by atoms with van der Waals surface area (Å²) in [4.78, 5) is 17.6. The molecule has 2 fully saturated rings. The number of amidine groups is 1. The van der Waals surface area contributed by atoms with Crippen molar-refractivity contribution in [1.29, 1.82) is 5.26 Å². The molecule has 2 aliphatic heterocycles. The number of carbonyl (C=O) groups is 1. The summed E-state index contributed by atoms with van der Waals surface area (Å²) >= 11 is 1.33. The summed E-state index contributed by atoms with van der Waals surface area (Å²) in [6.45, 7) is 0.503. The Bertz CT molecular complexity index is 784. The molecule has 0 spiro atoms. The number of hydrogen-bond donors (Lipinski definition) is 0. The van der Waals surface area contributed by atoms with Gasteiger partial charge >= 0.3 is 0 Å². The fourth-order valence-electron chi connectivity index (χ4n) is 2.81. The quantitative estimate of drug-likeness (QED) is 0.814. The number of benzene rings is 1. The van der Waals surface area contributed by atoms with E-state index in [-0.39, 0.29) is 29.2 Å². The zero-order chi connectivity index (χ0) is 16.4. The number of carbonyl (C=O) groups excluding carboxylic acids is 1. The Labute approximate surface area is 139 Å². The number of thioether (sulfide) groups is 1. The molecule has 2 atom stereocenters. The zero-order valence-corrected chi connectivity index (χ0v) is 13.9. The predicted octanol–water partition coefficient (Wildman–Crippen LogP) is 1.20. The lowest BCUT2D eigenvalue weighted by Crippen LogP contribution is -2.37. The van der Waals surface area contributed by atoms with Crippen molar-refractivity contribution in [3.8, 4) is 6.07 Å². The molecule has 0 N–H and O–H groups in total. The highest BCUT2D eigenvalue weighted by Crippen LogP contribution is 2.39. The molecular formula is C15H15N3O3S2. The van der Waals surface area contributed by atoms with Gasteiger partial charge in [-0.1, -0.05) is 42.1 Å². The van der Waals surface area contributed by atoms with Crippen LogP contribution in [0.2, 0.25) is 0 Å². The van der Waals surface area contributed by atoms with Crippen molar-refractivity contribution < 1.29 is 13.2 Å². The molecule has 3 rings (SSSR count). The maximum Gasteiger partial charge on any atom is 0.262 e. The first-order chi connectivity index (χ1) is 11.0. The SMILES string of the molecule is N#CCC(=O)N=C1S[C@@H]2CS(=O)(=O)C[C@@H]2N1Cc1ccccc1. The molecule has 1 amide bonds. The number of rotatable bonds is 3. The van der Waals surface area contributed by atoms with Crippen molar-refractivity contribution in [2.45, 2.75) is 24.3 Å². The molecule has 0 saturated carbocycles. The Morgan fingerprint density at radius 3 is 2.78 bits per heavy atom. The van der Waals surface area contributed by atoms with E-state index >= 15 is 0 Å². The van der Waals surface area contributed by atoms with Crippen molar-refractivity contribution in [2.75, 3.05) is 11.5 Å². The predicted molar refractivity (Wildman–Crippen MR) is 88.5 cm³/mol. The summed E-state index contributed by atoms with van der Waals surface area (Å²) in [7, 11) is -3.05. The fourth-order valence-corrected chi connectivity index (χ4v) is 6.78. The van der Waals surface area contributed by atoms with Crippen LogP contribution in [0, 0.1) is 11.3 Å². The summed E-state index contributed by atoms with van der Waals surface area (Å²) in [5.74, 6) is -0.293. The third-order valence-corrected chi connectivity index (χ3v) is 7.07. The van der Waals surface area contributed by atoms with E-state index in [4.69, 9.17) is 5.26 Å². The van der Waals surface area contributed by atoms with Gasteiger partial charge in [-0.15, -0.1) is 0 Å². The van der Waals surface area contributed by atoms with Crippen LogP contribution in [0.3, 0.4) is 0 Å². The molecule has 23 heavy (non-hydrogen) atoms. The summed E-state index contributed by atoms with van der Waals surface area (Å²) in [5.41, 5.74) is 1.03. The van der Waals surface area contributed by atoms with E-state index in [9.17, 15) is 13.2 Å². The van der Waals surface area contributed by atoms with Gasteiger partial charge in [-0.25, -0.2) is 8.42 Å². The molecule has 0 radical (unpaired) electrons. The minimum atomic E-state index is -3.05. The van der Waals surface area contributed by atoms with E-state index in [0.717, 1.165) is 5.56 Å². The number of hydrogen-bond acceptors (Lipinski definition) is 5. The normalized spacial score (nSPS) is 26.9. The second-order valence-corrected chi connectivity index (χ2v) is 8.90. The van der Waals surface area contributed by atoms with Gasteiger partial charge in [0.25, 0.3) is 5.91 Å². The van der Waals surface area contributed by atoms with Gasteiger partial charge in [0, 0.05) is 11.8 Å². The van der Waals surface area contributed by atoms with Gasteiger partial charge in [-0.2, -0.15) is 10.3 Å². The van der Waals surface area contributed by atoms with Crippen molar-refractivity contribution in [3.05, 3.63) is 35.9 Å². The Morgan fingerprint density at radius 1 is 1.35 bits per heavy atom. The molecule has 120 valence electrons. The van der Waals surface area contributed by atoms with Gasteiger partial charge < -0.3 is 4.90 Å². The maximum absolute atomic E-state index is 11.9. The largest absolute Gasteiger partial charge is 0.342 e. The average molecular weight is 349 g/mol. The van der Waals surface area contributed by atoms with Crippen LogP contribution in [0.1, 0.15) is 12.0 Å². The molecule has 1 aromatic carbocycles. The van der Waals surface area contributed by atoms with Crippen LogP contribution in [0.25, 0.3) is 0 Å². The van der Waals surface area contributed by atoms with Crippen LogP contribution < -0.4 is 0 Å². The van der Waals surface area contributed by atoms with E-state index < -0.39 is 15.7 Å². The molecule has 8 heteroatoms. The highest BCUT2D eigenvalue weighted by atomic mass is 32.2. The Morgan fingerprint density at radius 2 is 2.09 bits per heavy atom. The summed E-state index contributed by atoms with van der Waals surface area (Å²) < 4.78 is 23.8. The molecule has 0 bridgehead atoms. The van der Waals surface area contributed by atoms with Crippen LogP contribution >= 0.6 is 11.8 Å². The minimum absolute atomic E-state index is 0.0863. The summed E-state index contributed by atoms with van der Waals surface area (Å²) in [6, 6.07) is 11.3. The second kappa shape index (κ2) is 6.34. The smallest absolute Gasteiger partial charge is 0.262 e. The van der Waals surface area contributed by atoms with Gasteiger partial charge in [-0.05, 0) is 5.56 Å². The van der Waals surface area contributed by atoms with E-state index in [1.165, 1.54) is 11.8 Å². The van der Waals surface area contributed by atoms with E-state index in [1.807, 2.05) is 35.2 Å². The van der Waals surface area contributed by atoms with Crippen LogP contribution in [0.4, 0.5) is 0 Å². The van der Waals surface area contributed by atoms with Crippen molar-refractivity contribution in [3.63, 3.8) is 0 Å². The Kier molecular flexibility index (Phi) is 4.41. The molecule has 1 aromatic rings. The lowest BCUT2D eigenvalue weighted by molar-refractivity contribution is -0.116. The average Bonchev–Trinajstić information content (AvgIpc) is 2.94. The molecule has 2 saturated heterocycles. The van der Waals surface area contributed by atoms with Crippen molar-refractivity contribution in [1.82, 2.24) is 4.90 Å². The first kappa shape index (κ1) is 16.0. The maximum atomic E-state index is 11.9. The molecule has 0 aliphatic carbocycles. The lowest BCUT2D eigenvalue weighted by Gasteiger charge is -2.24. The highest BCUT2D eigenvalue weighted by Gasteiger charge is 2.48. The van der Waals surface area contributed by atoms with Gasteiger partial charge in [0.05, 0.1) is 23.6 Å². The molecule has 0 aromatic heterocycles. The van der Waals surface area contributed by atoms with E-state index in [2.05, 4.69) is 4.99 Å². The van der Waals surface area contributed by atoms with Gasteiger partial charge in [-0.3, -0.25) is 4.79 Å². The number of aliphatic imine (C=N–C) groups is 1. The van der Waals surface area contributed by atoms with Crippen molar-refractivity contribution in [2.24, 2.45) is 4.99 Å². The first-order valence-corrected chi connectivity index (χ1v) is 9.85. The summed E-state index contributed by atoms with van der Waals surface area (Å²) in [5, 5.41) is 9.03. The topological polar surface area (TPSA) is 90.6 Å².